The van der Waals surface area contributed by atoms with Crippen LogP contribution in [0, 0.1) is 0 Å². The largest absolute Gasteiger partial charge is 0.497 e. The summed E-state index contributed by atoms with van der Waals surface area (Å²) >= 11 is 5.77. The Morgan fingerprint density at radius 2 is 1.73 bits per heavy atom. The lowest BCUT2D eigenvalue weighted by atomic mass is 10.0. The molecule has 164 valence electrons. The summed E-state index contributed by atoms with van der Waals surface area (Å²) in [4.78, 5) is 9.49. The van der Waals surface area contributed by atoms with Gasteiger partial charge >= 0.3 is 0 Å². The fourth-order valence-corrected chi connectivity index (χ4v) is 4.11. The second-order valence-electron chi connectivity index (χ2n) is 7.77. The van der Waals surface area contributed by atoms with Gasteiger partial charge in [0.25, 0.3) is 0 Å². The van der Waals surface area contributed by atoms with Crippen LogP contribution < -0.4 is 10.1 Å². The van der Waals surface area contributed by atoms with Crippen molar-refractivity contribution in [2.24, 2.45) is 5.10 Å². The van der Waals surface area contributed by atoms with Gasteiger partial charge in [0.05, 0.1) is 35.7 Å². The Hall–Kier alpha value is -3.84. The van der Waals surface area contributed by atoms with Gasteiger partial charge in [0.1, 0.15) is 11.8 Å². The van der Waals surface area contributed by atoms with Crippen LogP contribution in [-0.4, -0.2) is 32.9 Å². The van der Waals surface area contributed by atoms with Gasteiger partial charge in [0.2, 0.25) is 0 Å². The third kappa shape index (κ3) is 4.54. The minimum atomic E-state index is -0.144. The fraction of sp³-hybridized carbons (Fsp3) is 0.154. The van der Waals surface area contributed by atoms with E-state index in [0.29, 0.717) is 18.1 Å². The average molecular weight is 454 g/mol. The lowest BCUT2D eigenvalue weighted by molar-refractivity contribution is 0.357. The van der Waals surface area contributed by atoms with Crippen LogP contribution in [0.1, 0.15) is 29.3 Å². The summed E-state index contributed by atoms with van der Waals surface area (Å²) in [6.07, 6.45) is 2.50. The summed E-state index contributed by atoms with van der Waals surface area (Å²) in [7, 11) is 1.66. The molecule has 0 fully saturated rings. The molecule has 0 unspecified atom stereocenters. The SMILES string of the molecule is COc1ccc(C2=NN(C(=S)NCc3ccccc3)[C@@H](c3cnc4ccccc4n3)C2)cc1. The van der Waals surface area contributed by atoms with Gasteiger partial charge in [-0.1, -0.05) is 42.5 Å². The van der Waals surface area contributed by atoms with Crippen LogP contribution in [0.5, 0.6) is 5.75 Å². The lowest BCUT2D eigenvalue weighted by Crippen LogP contribution is -2.36. The first kappa shape index (κ1) is 21.0. The molecule has 7 heteroatoms. The molecule has 0 radical (unpaired) electrons. The smallest absolute Gasteiger partial charge is 0.190 e. The maximum Gasteiger partial charge on any atom is 0.190 e. The molecular weight excluding hydrogens is 430 g/mol. The van der Waals surface area contributed by atoms with E-state index in [4.69, 9.17) is 27.0 Å². The molecule has 0 amide bonds. The van der Waals surface area contributed by atoms with E-state index in [1.165, 1.54) is 0 Å². The molecule has 0 bridgehead atoms. The van der Waals surface area contributed by atoms with Crippen molar-refractivity contribution < 1.29 is 4.74 Å². The fourth-order valence-electron chi connectivity index (χ4n) is 3.87. The van der Waals surface area contributed by atoms with Crippen molar-refractivity contribution in [3.63, 3.8) is 0 Å². The zero-order chi connectivity index (χ0) is 22.6. The number of ether oxygens (including phenoxy) is 1. The highest BCUT2D eigenvalue weighted by Gasteiger charge is 2.32. The second-order valence-corrected chi connectivity index (χ2v) is 8.15. The van der Waals surface area contributed by atoms with Crippen LogP contribution in [-0.2, 0) is 6.54 Å². The molecule has 5 rings (SSSR count). The Labute approximate surface area is 197 Å². The van der Waals surface area contributed by atoms with Crippen LogP contribution in [0.4, 0.5) is 0 Å². The van der Waals surface area contributed by atoms with E-state index in [9.17, 15) is 0 Å². The standard InChI is InChI=1S/C26H23N5OS/c1-32-20-13-11-19(12-14-20)23-15-25(24-17-27-21-9-5-6-10-22(21)29-24)31(30-23)26(33)28-16-18-7-3-2-4-8-18/h2-14,17,25H,15-16H2,1H3,(H,28,33)/t25-/m1/s1. The Kier molecular flexibility index (Phi) is 5.95. The number of para-hydroxylation sites is 2. The molecule has 0 spiro atoms. The molecule has 4 aromatic rings. The highest BCUT2D eigenvalue weighted by Crippen LogP contribution is 2.32. The molecule has 3 aromatic carbocycles. The van der Waals surface area contributed by atoms with E-state index in [1.807, 2.05) is 77.9 Å². The first-order chi connectivity index (χ1) is 16.2. The van der Waals surface area contributed by atoms with Crippen molar-refractivity contribution in [1.82, 2.24) is 20.3 Å². The molecule has 6 nitrogen and oxygen atoms in total. The minimum Gasteiger partial charge on any atom is -0.497 e. The zero-order valence-corrected chi connectivity index (χ0v) is 19.0. The lowest BCUT2D eigenvalue weighted by Gasteiger charge is -2.24. The van der Waals surface area contributed by atoms with Gasteiger partial charge in [0.15, 0.2) is 5.11 Å². The predicted octanol–water partition coefficient (Wildman–Crippen LogP) is 4.86. The molecule has 1 aromatic heterocycles. The topological polar surface area (TPSA) is 62.6 Å². The number of nitrogens with one attached hydrogen (secondary N) is 1. The van der Waals surface area contributed by atoms with Gasteiger partial charge in [0, 0.05) is 13.0 Å². The Morgan fingerprint density at radius 3 is 2.48 bits per heavy atom. The second kappa shape index (κ2) is 9.34. The van der Waals surface area contributed by atoms with E-state index in [1.54, 1.807) is 7.11 Å². The monoisotopic (exact) mass is 453 g/mol. The molecule has 1 N–H and O–H groups in total. The molecule has 1 aliphatic heterocycles. The van der Waals surface area contributed by atoms with E-state index in [-0.39, 0.29) is 6.04 Å². The van der Waals surface area contributed by atoms with Crippen molar-refractivity contribution in [2.75, 3.05) is 7.11 Å². The number of hydrogen-bond acceptors (Lipinski definition) is 5. The number of hydrazone groups is 1. The minimum absolute atomic E-state index is 0.144. The van der Waals surface area contributed by atoms with Gasteiger partial charge in [-0.25, -0.2) is 9.99 Å². The van der Waals surface area contributed by atoms with Crippen LogP contribution in [0.2, 0.25) is 0 Å². The van der Waals surface area contributed by atoms with E-state index in [2.05, 4.69) is 22.4 Å². The summed E-state index contributed by atoms with van der Waals surface area (Å²) in [5, 5.41) is 10.7. The van der Waals surface area contributed by atoms with Crippen LogP contribution in [0.25, 0.3) is 11.0 Å². The van der Waals surface area contributed by atoms with Gasteiger partial charge in [-0.15, -0.1) is 0 Å². The number of rotatable bonds is 5. The number of aromatic nitrogens is 2. The maximum atomic E-state index is 5.77. The van der Waals surface area contributed by atoms with Crippen LogP contribution >= 0.6 is 12.2 Å². The van der Waals surface area contributed by atoms with Gasteiger partial charge in [-0.3, -0.25) is 4.98 Å². The van der Waals surface area contributed by atoms with Gasteiger partial charge in [-0.05, 0) is 59.7 Å². The highest BCUT2D eigenvalue weighted by molar-refractivity contribution is 7.80. The number of benzene rings is 3. The molecule has 0 saturated carbocycles. The first-order valence-corrected chi connectivity index (χ1v) is 11.2. The van der Waals surface area contributed by atoms with Crippen molar-refractivity contribution in [2.45, 2.75) is 19.0 Å². The first-order valence-electron chi connectivity index (χ1n) is 10.8. The number of methoxy groups -OCH3 is 1. The highest BCUT2D eigenvalue weighted by atomic mass is 32.1. The third-order valence-electron chi connectivity index (χ3n) is 5.64. The van der Waals surface area contributed by atoms with E-state index < -0.39 is 0 Å². The van der Waals surface area contributed by atoms with Crippen molar-refractivity contribution in [3.05, 3.63) is 102 Å². The summed E-state index contributed by atoms with van der Waals surface area (Å²) < 4.78 is 5.30. The molecule has 33 heavy (non-hydrogen) atoms. The number of nitrogens with zero attached hydrogens (tertiary/aromatic N) is 4. The Bertz CT molecular complexity index is 1310. The summed E-state index contributed by atoms with van der Waals surface area (Å²) in [5.74, 6) is 0.811. The molecule has 1 aliphatic rings. The van der Waals surface area contributed by atoms with Crippen molar-refractivity contribution in [3.8, 4) is 5.75 Å². The Balaban J connectivity index is 1.45. The molecule has 1 atom stereocenters. The number of thiocarbonyl (C=S) groups is 1. The normalized spacial score (nSPS) is 15.4. The van der Waals surface area contributed by atoms with Crippen molar-refractivity contribution >= 4 is 34.1 Å². The Morgan fingerprint density at radius 1 is 1.00 bits per heavy atom. The number of hydrogen-bond donors (Lipinski definition) is 1. The molecule has 2 heterocycles. The zero-order valence-electron chi connectivity index (χ0n) is 18.2. The summed E-state index contributed by atoms with van der Waals surface area (Å²) in [6, 6.07) is 25.8. The predicted molar refractivity (Wildman–Crippen MR) is 134 cm³/mol. The van der Waals surface area contributed by atoms with E-state index >= 15 is 0 Å². The third-order valence-corrected chi connectivity index (χ3v) is 5.97. The summed E-state index contributed by atoms with van der Waals surface area (Å²) in [6.45, 7) is 0.625. The van der Waals surface area contributed by atoms with Gasteiger partial charge in [-0.2, -0.15) is 5.10 Å². The average Bonchev–Trinajstić information content (AvgIpc) is 3.33. The van der Waals surface area contributed by atoms with Gasteiger partial charge < -0.3 is 10.1 Å². The summed E-state index contributed by atoms with van der Waals surface area (Å²) in [5.41, 5.74) is 5.69. The van der Waals surface area contributed by atoms with Crippen LogP contribution in [0.3, 0.4) is 0 Å². The quantitative estimate of drug-likeness (QED) is 0.435. The maximum absolute atomic E-state index is 5.77. The molecule has 0 aliphatic carbocycles. The van der Waals surface area contributed by atoms with E-state index in [0.717, 1.165) is 39.3 Å². The van der Waals surface area contributed by atoms with Crippen LogP contribution in [0.15, 0.2) is 90.2 Å². The molecular formula is C26H23N5OS. The van der Waals surface area contributed by atoms with Crippen molar-refractivity contribution in [1.29, 1.82) is 0 Å². The molecule has 0 saturated heterocycles. The number of fused-ring (bicyclic) bond motifs is 1.